The van der Waals surface area contributed by atoms with Crippen molar-refractivity contribution in [1.82, 2.24) is 5.32 Å². The van der Waals surface area contributed by atoms with Gasteiger partial charge in [0.05, 0.1) is 6.54 Å². The molecular weight excluding hydrogens is 218 g/mol. The fraction of sp³-hybridized carbons (Fsp3) is 0.100. The fourth-order valence-corrected chi connectivity index (χ4v) is 1.53. The van der Waals surface area contributed by atoms with Crippen LogP contribution in [-0.4, -0.2) is 11.8 Å². The van der Waals surface area contributed by atoms with E-state index < -0.39 is 0 Å². The van der Waals surface area contributed by atoms with E-state index in [1.165, 1.54) is 0 Å². The van der Waals surface area contributed by atoms with E-state index in [4.69, 9.17) is 18.0 Å². The SMILES string of the molecule is C#CCNC(=O)Sc1ccc(Cl)cc1. The first-order valence-electron chi connectivity index (χ1n) is 3.87. The van der Waals surface area contributed by atoms with Gasteiger partial charge in [-0.05, 0) is 36.0 Å². The molecule has 0 fully saturated rings. The number of rotatable bonds is 2. The van der Waals surface area contributed by atoms with Crippen molar-refractivity contribution in [2.45, 2.75) is 4.90 Å². The largest absolute Gasteiger partial charge is 0.336 e. The van der Waals surface area contributed by atoms with Gasteiger partial charge in [-0.15, -0.1) is 6.42 Å². The second-order valence-electron chi connectivity index (χ2n) is 2.40. The Bertz CT molecular complexity index is 355. The van der Waals surface area contributed by atoms with Gasteiger partial charge in [0, 0.05) is 9.92 Å². The molecule has 0 atom stereocenters. The van der Waals surface area contributed by atoms with Gasteiger partial charge in [-0.3, -0.25) is 4.79 Å². The molecule has 1 amide bonds. The van der Waals surface area contributed by atoms with Gasteiger partial charge in [0.2, 0.25) is 0 Å². The Balaban J connectivity index is 2.49. The third-order valence-electron chi connectivity index (χ3n) is 1.36. The zero-order valence-electron chi connectivity index (χ0n) is 7.29. The maximum Gasteiger partial charge on any atom is 0.284 e. The number of carbonyl (C=O) groups excluding carboxylic acids is 1. The van der Waals surface area contributed by atoms with E-state index in [2.05, 4.69) is 11.2 Å². The summed E-state index contributed by atoms with van der Waals surface area (Å²) >= 11 is 6.78. The summed E-state index contributed by atoms with van der Waals surface area (Å²) in [5, 5.41) is 3.04. The predicted octanol–water partition coefficient (Wildman–Crippen LogP) is 2.77. The maximum absolute atomic E-state index is 11.2. The monoisotopic (exact) mass is 225 g/mol. The average molecular weight is 226 g/mol. The average Bonchev–Trinajstić information content (AvgIpc) is 2.18. The van der Waals surface area contributed by atoms with E-state index in [1.807, 2.05) is 0 Å². The Hall–Kier alpha value is -1.11. The van der Waals surface area contributed by atoms with Crippen molar-refractivity contribution in [3.63, 3.8) is 0 Å². The molecule has 0 unspecified atom stereocenters. The van der Waals surface area contributed by atoms with E-state index in [-0.39, 0.29) is 11.8 Å². The normalized spacial score (nSPS) is 9.14. The quantitative estimate of drug-likeness (QED) is 0.620. The van der Waals surface area contributed by atoms with E-state index in [9.17, 15) is 4.79 Å². The summed E-state index contributed by atoms with van der Waals surface area (Å²) in [5.41, 5.74) is 0. The molecule has 0 aliphatic rings. The van der Waals surface area contributed by atoms with Gasteiger partial charge in [0.25, 0.3) is 5.24 Å². The van der Waals surface area contributed by atoms with Crippen LogP contribution >= 0.6 is 23.4 Å². The highest BCUT2D eigenvalue weighted by molar-refractivity contribution is 8.13. The van der Waals surface area contributed by atoms with Crippen LogP contribution in [0.25, 0.3) is 0 Å². The summed E-state index contributed by atoms with van der Waals surface area (Å²) in [6, 6.07) is 7.03. The summed E-state index contributed by atoms with van der Waals surface area (Å²) in [4.78, 5) is 12.0. The second-order valence-corrected chi connectivity index (χ2v) is 3.88. The molecule has 0 bridgehead atoms. The van der Waals surface area contributed by atoms with Crippen LogP contribution < -0.4 is 5.32 Å². The second kappa shape index (κ2) is 5.58. The molecule has 0 aliphatic heterocycles. The Labute approximate surface area is 92.0 Å². The minimum Gasteiger partial charge on any atom is -0.336 e. The van der Waals surface area contributed by atoms with Crippen LogP contribution in [0.5, 0.6) is 0 Å². The summed E-state index contributed by atoms with van der Waals surface area (Å²) in [6.45, 7) is 0.249. The number of amides is 1. The number of hydrogen-bond acceptors (Lipinski definition) is 2. The van der Waals surface area contributed by atoms with Gasteiger partial charge < -0.3 is 5.32 Å². The van der Waals surface area contributed by atoms with Gasteiger partial charge in [-0.1, -0.05) is 17.5 Å². The van der Waals surface area contributed by atoms with Crippen LogP contribution in [0.15, 0.2) is 29.2 Å². The van der Waals surface area contributed by atoms with Crippen LogP contribution in [0.3, 0.4) is 0 Å². The molecule has 0 saturated heterocycles. The summed E-state index contributed by atoms with van der Waals surface area (Å²) in [5.74, 6) is 2.33. The lowest BCUT2D eigenvalue weighted by Crippen LogP contribution is -2.18. The minimum absolute atomic E-state index is 0.162. The van der Waals surface area contributed by atoms with Gasteiger partial charge in [-0.2, -0.15) is 0 Å². The Kier molecular flexibility index (Phi) is 4.37. The molecular formula is C10H8ClNOS. The van der Waals surface area contributed by atoms with Crippen LogP contribution in [-0.2, 0) is 0 Å². The van der Waals surface area contributed by atoms with E-state index in [1.54, 1.807) is 24.3 Å². The fourth-order valence-electron chi connectivity index (χ4n) is 0.769. The maximum atomic E-state index is 11.2. The van der Waals surface area contributed by atoms with Gasteiger partial charge in [0.1, 0.15) is 0 Å². The molecule has 1 N–H and O–H groups in total. The molecule has 0 radical (unpaired) electrons. The van der Waals surface area contributed by atoms with Crippen molar-refractivity contribution < 1.29 is 4.79 Å². The predicted molar refractivity (Wildman–Crippen MR) is 59.5 cm³/mol. The topological polar surface area (TPSA) is 29.1 Å². The zero-order chi connectivity index (χ0) is 10.4. The number of terminal acetylenes is 1. The van der Waals surface area contributed by atoms with E-state index in [0.29, 0.717) is 5.02 Å². The molecule has 1 rings (SSSR count). The summed E-state index contributed by atoms with van der Waals surface area (Å²) in [7, 11) is 0. The number of benzene rings is 1. The van der Waals surface area contributed by atoms with Crippen LogP contribution in [0.2, 0.25) is 5.02 Å². The minimum atomic E-state index is -0.162. The summed E-state index contributed by atoms with van der Waals surface area (Å²) < 4.78 is 0. The molecule has 4 heteroatoms. The van der Waals surface area contributed by atoms with Gasteiger partial charge >= 0.3 is 0 Å². The molecule has 2 nitrogen and oxygen atoms in total. The highest BCUT2D eigenvalue weighted by Crippen LogP contribution is 2.20. The number of nitrogens with one attached hydrogen (secondary N) is 1. The molecule has 1 aromatic rings. The van der Waals surface area contributed by atoms with Gasteiger partial charge in [0.15, 0.2) is 0 Å². The molecule has 0 saturated carbocycles. The molecule has 0 aliphatic carbocycles. The highest BCUT2D eigenvalue weighted by atomic mass is 35.5. The standard InChI is InChI=1S/C10H8ClNOS/c1-2-7-12-10(13)14-9-5-3-8(11)4-6-9/h1,3-6H,7H2,(H,12,13). The highest BCUT2D eigenvalue weighted by Gasteiger charge is 2.02. The molecule has 0 heterocycles. The molecule has 1 aromatic carbocycles. The smallest absolute Gasteiger partial charge is 0.284 e. The van der Waals surface area contributed by atoms with Crippen molar-refractivity contribution in [2.24, 2.45) is 0 Å². The Morgan fingerprint density at radius 1 is 1.50 bits per heavy atom. The first-order chi connectivity index (χ1) is 6.72. The first-order valence-corrected chi connectivity index (χ1v) is 5.06. The van der Waals surface area contributed by atoms with Crippen LogP contribution in [0, 0.1) is 12.3 Å². The van der Waals surface area contributed by atoms with Crippen LogP contribution in [0.1, 0.15) is 0 Å². The lowest BCUT2D eigenvalue weighted by molar-refractivity contribution is 0.261. The van der Waals surface area contributed by atoms with Crippen molar-refractivity contribution in [2.75, 3.05) is 6.54 Å². The number of hydrogen-bond donors (Lipinski definition) is 1. The van der Waals surface area contributed by atoms with Crippen molar-refractivity contribution in [1.29, 1.82) is 0 Å². The van der Waals surface area contributed by atoms with E-state index >= 15 is 0 Å². The molecule has 14 heavy (non-hydrogen) atoms. The Morgan fingerprint density at radius 3 is 2.71 bits per heavy atom. The van der Waals surface area contributed by atoms with Crippen molar-refractivity contribution in [3.05, 3.63) is 29.3 Å². The lowest BCUT2D eigenvalue weighted by Gasteiger charge is -2.00. The number of carbonyl (C=O) groups is 1. The van der Waals surface area contributed by atoms with Crippen molar-refractivity contribution >= 4 is 28.6 Å². The van der Waals surface area contributed by atoms with E-state index in [0.717, 1.165) is 16.7 Å². The summed E-state index contributed by atoms with van der Waals surface area (Å²) in [6.07, 6.45) is 5.00. The number of halogens is 1. The number of thioether (sulfide) groups is 1. The Morgan fingerprint density at radius 2 is 2.14 bits per heavy atom. The lowest BCUT2D eigenvalue weighted by atomic mass is 10.4. The third kappa shape index (κ3) is 3.73. The zero-order valence-corrected chi connectivity index (χ0v) is 8.86. The first kappa shape index (κ1) is 11.0. The third-order valence-corrected chi connectivity index (χ3v) is 2.45. The molecule has 72 valence electrons. The van der Waals surface area contributed by atoms with Crippen LogP contribution in [0.4, 0.5) is 4.79 Å². The molecule has 0 aromatic heterocycles. The van der Waals surface area contributed by atoms with Crippen molar-refractivity contribution in [3.8, 4) is 12.3 Å². The van der Waals surface area contributed by atoms with Gasteiger partial charge in [-0.25, -0.2) is 0 Å². The molecule has 0 spiro atoms.